The lowest BCUT2D eigenvalue weighted by Gasteiger charge is -2.14. The topological polar surface area (TPSA) is 131 Å². The molecule has 5 N–H and O–H groups in total. The fourth-order valence-corrected chi connectivity index (χ4v) is 2.87. The lowest BCUT2D eigenvalue weighted by Crippen LogP contribution is -2.38. The first kappa shape index (κ1) is 19.7. The van der Waals surface area contributed by atoms with Gasteiger partial charge < -0.3 is 26.2 Å². The molecular weight excluding hydrogens is 338 g/mol. The van der Waals surface area contributed by atoms with Crippen LogP contribution in [0.3, 0.4) is 0 Å². The Morgan fingerprint density at radius 1 is 1.31 bits per heavy atom. The SMILES string of the molecule is NCCCCOc1ccccc1C(=O)NC[C@@H]1C[C@@H](CC(=O)O)C(=O)N1. The third kappa shape index (κ3) is 5.73. The van der Waals surface area contributed by atoms with Gasteiger partial charge >= 0.3 is 5.97 Å². The van der Waals surface area contributed by atoms with Gasteiger partial charge in [0.25, 0.3) is 5.91 Å². The molecule has 0 radical (unpaired) electrons. The molecule has 1 aromatic carbocycles. The number of amides is 2. The van der Waals surface area contributed by atoms with Crippen molar-refractivity contribution in [3.05, 3.63) is 29.8 Å². The van der Waals surface area contributed by atoms with Crippen molar-refractivity contribution in [1.82, 2.24) is 10.6 Å². The summed E-state index contributed by atoms with van der Waals surface area (Å²) in [5, 5.41) is 14.3. The molecule has 1 aromatic rings. The van der Waals surface area contributed by atoms with Crippen LogP contribution in [0.4, 0.5) is 0 Å². The van der Waals surface area contributed by atoms with Crippen LogP contribution in [0, 0.1) is 5.92 Å². The number of ether oxygens (including phenoxy) is 1. The summed E-state index contributed by atoms with van der Waals surface area (Å²) >= 11 is 0. The highest BCUT2D eigenvalue weighted by Gasteiger charge is 2.33. The van der Waals surface area contributed by atoms with Gasteiger partial charge in [0.05, 0.1) is 24.5 Å². The number of aliphatic carboxylic acids is 1. The highest BCUT2D eigenvalue weighted by atomic mass is 16.5. The van der Waals surface area contributed by atoms with Crippen LogP contribution in [0.25, 0.3) is 0 Å². The van der Waals surface area contributed by atoms with Crippen LogP contribution in [-0.2, 0) is 9.59 Å². The molecule has 2 amide bonds. The van der Waals surface area contributed by atoms with Crippen LogP contribution >= 0.6 is 0 Å². The van der Waals surface area contributed by atoms with E-state index in [1.165, 1.54) is 0 Å². The van der Waals surface area contributed by atoms with E-state index in [1.807, 2.05) is 0 Å². The molecule has 1 saturated heterocycles. The minimum Gasteiger partial charge on any atom is -0.493 e. The summed E-state index contributed by atoms with van der Waals surface area (Å²) in [6, 6.07) is 6.68. The Labute approximate surface area is 152 Å². The fraction of sp³-hybridized carbons (Fsp3) is 0.500. The molecule has 0 spiro atoms. The number of rotatable bonds is 10. The molecule has 1 heterocycles. The lowest BCUT2D eigenvalue weighted by molar-refractivity contribution is -0.140. The second kappa shape index (κ2) is 9.76. The summed E-state index contributed by atoms with van der Waals surface area (Å²) in [6.07, 6.45) is 1.86. The molecule has 142 valence electrons. The van der Waals surface area contributed by atoms with Crippen molar-refractivity contribution in [3.8, 4) is 5.75 Å². The summed E-state index contributed by atoms with van der Waals surface area (Å²) < 4.78 is 5.66. The van der Waals surface area contributed by atoms with Gasteiger partial charge in [0.1, 0.15) is 5.75 Å². The number of nitrogens with two attached hydrogens (primary N) is 1. The van der Waals surface area contributed by atoms with Gasteiger partial charge in [0.2, 0.25) is 5.91 Å². The highest BCUT2D eigenvalue weighted by molar-refractivity contribution is 5.97. The van der Waals surface area contributed by atoms with E-state index >= 15 is 0 Å². The van der Waals surface area contributed by atoms with Gasteiger partial charge in [-0.3, -0.25) is 14.4 Å². The Kier molecular flexibility index (Phi) is 7.40. The van der Waals surface area contributed by atoms with Crippen LogP contribution in [0.2, 0.25) is 0 Å². The van der Waals surface area contributed by atoms with Gasteiger partial charge in [-0.25, -0.2) is 0 Å². The van der Waals surface area contributed by atoms with Crippen LogP contribution in [0.15, 0.2) is 24.3 Å². The Morgan fingerprint density at radius 3 is 2.81 bits per heavy atom. The van der Waals surface area contributed by atoms with Crippen molar-refractivity contribution in [2.24, 2.45) is 11.7 Å². The molecule has 8 heteroatoms. The van der Waals surface area contributed by atoms with E-state index in [4.69, 9.17) is 15.6 Å². The Hall–Kier alpha value is -2.61. The number of para-hydroxylation sites is 1. The summed E-state index contributed by atoms with van der Waals surface area (Å²) in [7, 11) is 0. The Bertz CT molecular complexity index is 649. The summed E-state index contributed by atoms with van der Waals surface area (Å²) in [6.45, 7) is 1.32. The van der Waals surface area contributed by atoms with Crippen LogP contribution in [0.5, 0.6) is 5.75 Å². The standard InChI is InChI=1S/C18H25N3O5/c19-7-3-4-8-26-15-6-2-1-5-14(15)18(25)20-11-13-9-12(10-16(22)23)17(24)21-13/h1-2,5-6,12-13H,3-4,7-11,19H2,(H,20,25)(H,21,24)(H,22,23)/t12-,13-/m0/s1. The summed E-state index contributed by atoms with van der Waals surface area (Å²) in [4.78, 5) is 34.9. The van der Waals surface area contributed by atoms with Crippen LogP contribution in [-0.4, -0.2) is 48.6 Å². The van der Waals surface area contributed by atoms with Crippen molar-refractivity contribution >= 4 is 17.8 Å². The van der Waals surface area contributed by atoms with E-state index in [0.717, 1.165) is 12.8 Å². The molecule has 1 aliphatic rings. The minimum absolute atomic E-state index is 0.199. The molecule has 1 fully saturated rings. The van der Waals surface area contributed by atoms with Gasteiger partial charge in [0.15, 0.2) is 0 Å². The van der Waals surface area contributed by atoms with Gasteiger partial charge in [-0.15, -0.1) is 0 Å². The molecular formula is C18H25N3O5. The summed E-state index contributed by atoms with van der Waals surface area (Å²) in [5.41, 5.74) is 5.87. The number of hydrogen-bond donors (Lipinski definition) is 4. The van der Waals surface area contributed by atoms with Gasteiger partial charge in [0, 0.05) is 12.6 Å². The molecule has 8 nitrogen and oxygen atoms in total. The first-order chi connectivity index (χ1) is 12.5. The van der Waals surface area contributed by atoms with E-state index in [9.17, 15) is 14.4 Å². The largest absolute Gasteiger partial charge is 0.493 e. The molecule has 0 aromatic heterocycles. The third-order valence-corrected chi connectivity index (χ3v) is 4.20. The summed E-state index contributed by atoms with van der Waals surface area (Å²) in [5.74, 6) is -1.63. The van der Waals surface area contributed by atoms with Crippen molar-refractivity contribution in [2.45, 2.75) is 31.7 Å². The zero-order valence-corrected chi connectivity index (χ0v) is 14.6. The van der Waals surface area contributed by atoms with E-state index < -0.39 is 11.9 Å². The average Bonchev–Trinajstić information content (AvgIpc) is 2.96. The molecule has 26 heavy (non-hydrogen) atoms. The normalized spacial score (nSPS) is 19.0. The second-order valence-electron chi connectivity index (χ2n) is 6.29. The quantitative estimate of drug-likeness (QED) is 0.448. The number of unbranched alkanes of at least 4 members (excludes halogenated alkanes) is 1. The van der Waals surface area contributed by atoms with Gasteiger partial charge in [-0.05, 0) is 37.9 Å². The predicted molar refractivity (Wildman–Crippen MR) is 94.8 cm³/mol. The molecule has 0 bridgehead atoms. The van der Waals surface area contributed by atoms with Gasteiger partial charge in [-0.2, -0.15) is 0 Å². The van der Waals surface area contributed by atoms with Crippen LogP contribution < -0.4 is 21.1 Å². The number of carboxylic acid groups (broad SMARTS) is 1. The van der Waals surface area contributed by atoms with E-state index in [2.05, 4.69) is 10.6 Å². The zero-order valence-electron chi connectivity index (χ0n) is 14.6. The first-order valence-corrected chi connectivity index (χ1v) is 8.73. The second-order valence-corrected chi connectivity index (χ2v) is 6.29. The van der Waals surface area contributed by atoms with Crippen molar-refractivity contribution in [2.75, 3.05) is 19.7 Å². The van der Waals surface area contributed by atoms with E-state index in [0.29, 0.717) is 30.9 Å². The number of carbonyl (C=O) groups is 3. The van der Waals surface area contributed by atoms with Crippen molar-refractivity contribution in [3.63, 3.8) is 0 Å². The monoisotopic (exact) mass is 363 g/mol. The number of carboxylic acids is 1. The van der Waals surface area contributed by atoms with Crippen molar-refractivity contribution < 1.29 is 24.2 Å². The third-order valence-electron chi connectivity index (χ3n) is 4.20. The number of hydrogen-bond acceptors (Lipinski definition) is 5. The number of benzene rings is 1. The van der Waals surface area contributed by atoms with E-state index in [1.54, 1.807) is 24.3 Å². The zero-order chi connectivity index (χ0) is 18.9. The Balaban J connectivity index is 1.86. The van der Waals surface area contributed by atoms with Crippen LogP contribution in [0.1, 0.15) is 36.0 Å². The molecule has 2 rings (SSSR count). The molecule has 0 aliphatic carbocycles. The van der Waals surface area contributed by atoms with Crippen molar-refractivity contribution in [1.29, 1.82) is 0 Å². The molecule has 1 aliphatic heterocycles. The molecule has 2 atom stereocenters. The molecule has 0 saturated carbocycles. The maximum Gasteiger partial charge on any atom is 0.304 e. The van der Waals surface area contributed by atoms with Gasteiger partial charge in [-0.1, -0.05) is 12.1 Å². The number of carbonyl (C=O) groups excluding carboxylic acids is 2. The average molecular weight is 363 g/mol. The Morgan fingerprint density at radius 2 is 2.08 bits per heavy atom. The molecule has 0 unspecified atom stereocenters. The lowest BCUT2D eigenvalue weighted by atomic mass is 10.0. The number of nitrogens with one attached hydrogen (secondary N) is 2. The highest BCUT2D eigenvalue weighted by Crippen LogP contribution is 2.20. The first-order valence-electron chi connectivity index (χ1n) is 8.73. The smallest absolute Gasteiger partial charge is 0.304 e. The maximum atomic E-state index is 12.4. The maximum absolute atomic E-state index is 12.4. The predicted octanol–water partition coefficient (Wildman–Crippen LogP) is 0.514. The minimum atomic E-state index is -1.00. The fourth-order valence-electron chi connectivity index (χ4n) is 2.87. The van der Waals surface area contributed by atoms with E-state index in [-0.39, 0.29) is 30.8 Å².